The van der Waals surface area contributed by atoms with Crippen molar-refractivity contribution < 1.29 is 19.0 Å². The van der Waals surface area contributed by atoms with Gasteiger partial charge in [0, 0.05) is 11.3 Å². The fraction of sp³-hybridized carbons (Fsp3) is 0.222. The molecule has 0 fully saturated rings. The summed E-state index contributed by atoms with van der Waals surface area (Å²) in [4.78, 5) is 31.1. The van der Waals surface area contributed by atoms with Gasteiger partial charge in [-0.25, -0.2) is 4.98 Å². The Morgan fingerprint density at radius 2 is 1.71 bits per heavy atom. The molecule has 0 saturated heterocycles. The van der Waals surface area contributed by atoms with Gasteiger partial charge in [0.05, 0.1) is 30.8 Å². The van der Waals surface area contributed by atoms with Crippen LogP contribution in [-0.4, -0.2) is 42.1 Å². The summed E-state index contributed by atoms with van der Waals surface area (Å²) in [5.74, 6) is 1.95. The van der Waals surface area contributed by atoms with Gasteiger partial charge in [0.25, 0.3) is 11.5 Å². The quantitative estimate of drug-likeness (QED) is 0.166. The van der Waals surface area contributed by atoms with Gasteiger partial charge >= 0.3 is 0 Å². The minimum absolute atomic E-state index is 0.188. The fourth-order valence-electron chi connectivity index (χ4n) is 4.95. The Bertz CT molecular complexity index is 1920. The van der Waals surface area contributed by atoms with Crippen molar-refractivity contribution in [2.75, 3.05) is 25.6 Å². The lowest BCUT2D eigenvalue weighted by Crippen LogP contribution is -2.21. The highest BCUT2D eigenvalue weighted by Gasteiger charge is 2.19. The largest absolute Gasteiger partial charge is 0.494 e. The molecule has 0 atom stereocenters. The molecule has 1 amide bonds. The zero-order valence-electron chi connectivity index (χ0n) is 26.0. The third-order valence-corrected chi connectivity index (χ3v) is 7.20. The highest BCUT2D eigenvalue weighted by atomic mass is 16.5. The van der Waals surface area contributed by atoms with Crippen LogP contribution in [0.3, 0.4) is 0 Å². The second-order valence-corrected chi connectivity index (χ2v) is 10.7. The van der Waals surface area contributed by atoms with Gasteiger partial charge in [0.1, 0.15) is 5.75 Å². The summed E-state index contributed by atoms with van der Waals surface area (Å²) in [6.07, 6.45) is 1.57. The highest BCUT2D eigenvalue weighted by molar-refractivity contribution is 5.92. The van der Waals surface area contributed by atoms with Crippen molar-refractivity contribution in [2.45, 2.75) is 33.6 Å². The Labute approximate surface area is 262 Å². The van der Waals surface area contributed by atoms with E-state index in [1.165, 1.54) is 11.8 Å². The molecule has 5 rings (SSSR count). The molecule has 0 aliphatic rings. The number of hydrogen-bond donors (Lipinski definition) is 1. The van der Waals surface area contributed by atoms with Gasteiger partial charge in [0.15, 0.2) is 23.9 Å². The third-order valence-electron chi connectivity index (χ3n) is 7.20. The van der Waals surface area contributed by atoms with Gasteiger partial charge in [-0.2, -0.15) is 9.78 Å². The number of aryl methyl sites for hydroxylation is 1. The second kappa shape index (κ2) is 13.9. The van der Waals surface area contributed by atoms with E-state index in [9.17, 15) is 9.59 Å². The molecule has 9 nitrogen and oxygen atoms in total. The first-order valence-corrected chi connectivity index (χ1v) is 14.8. The van der Waals surface area contributed by atoms with Crippen molar-refractivity contribution in [1.29, 1.82) is 0 Å². The average molecular weight is 605 g/mol. The van der Waals surface area contributed by atoms with E-state index in [1.807, 2.05) is 62.4 Å². The molecule has 0 aliphatic heterocycles. The van der Waals surface area contributed by atoms with Gasteiger partial charge in [-0.15, -0.1) is 0 Å². The number of ether oxygens (including phenoxy) is 3. The van der Waals surface area contributed by atoms with Gasteiger partial charge in [-0.1, -0.05) is 44.2 Å². The van der Waals surface area contributed by atoms with E-state index in [0.29, 0.717) is 46.1 Å². The molecule has 4 aromatic carbocycles. The number of rotatable bonds is 11. The summed E-state index contributed by atoms with van der Waals surface area (Å²) in [6.45, 7) is 8.50. The molecular weight excluding hydrogens is 568 g/mol. The summed E-state index contributed by atoms with van der Waals surface area (Å²) < 4.78 is 18.5. The predicted octanol–water partition coefficient (Wildman–Crippen LogP) is 6.80. The van der Waals surface area contributed by atoms with Crippen LogP contribution >= 0.6 is 0 Å². The van der Waals surface area contributed by atoms with E-state index < -0.39 is 0 Å². The number of amides is 1. The number of anilines is 1. The van der Waals surface area contributed by atoms with E-state index in [-0.39, 0.29) is 24.0 Å². The molecule has 5 aromatic rings. The first kappa shape index (κ1) is 31.0. The van der Waals surface area contributed by atoms with Gasteiger partial charge in [0.2, 0.25) is 0 Å². The van der Waals surface area contributed by atoms with Crippen molar-refractivity contribution in [2.24, 2.45) is 5.10 Å². The lowest BCUT2D eigenvalue weighted by atomic mass is 9.96. The normalized spacial score (nSPS) is 11.2. The molecule has 230 valence electrons. The summed E-state index contributed by atoms with van der Waals surface area (Å²) in [5.41, 5.74) is 4.36. The lowest BCUT2D eigenvalue weighted by Gasteiger charge is -2.18. The Hall–Kier alpha value is -5.44. The minimum atomic E-state index is -0.296. The Morgan fingerprint density at radius 1 is 0.956 bits per heavy atom. The zero-order chi connectivity index (χ0) is 31.9. The maximum Gasteiger partial charge on any atom is 0.282 e. The van der Waals surface area contributed by atoms with Crippen LogP contribution in [-0.2, 0) is 4.79 Å². The van der Waals surface area contributed by atoms with Crippen LogP contribution < -0.4 is 25.1 Å². The molecule has 0 radical (unpaired) electrons. The molecule has 1 aromatic heterocycles. The maximum absolute atomic E-state index is 13.8. The van der Waals surface area contributed by atoms with E-state index in [2.05, 4.69) is 24.3 Å². The van der Waals surface area contributed by atoms with Crippen LogP contribution in [0.15, 0.2) is 94.8 Å². The van der Waals surface area contributed by atoms with Crippen molar-refractivity contribution in [1.82, 2.24) is 9.66 Å². The van der Waals surface area contributed by atoms with Crippen molar-refractivity contribution >= 4 is 28.7 Å². The fourth-order valence-corrected chi connectivity index (χ4v) is 4.95. The first-order chi connectivity index (χ1) is 21.8. The second-order valence-electron chi connectivity index (χ2n) is 10.7. The van der Waals surface area contributed by atoms with Gasteiger partial charge < -0.3 is 19.5 Å². The van der Waals surface area contributed by atoms with Crippen LogP contribution in [0.1, 0.15) is 43.4 Å². The monoisotopic (exact) mass is 604 g/mol. The Morgan fingerprint density at radius 3 is 2.44 bits per heavy atom. The topological polar surface area (TPSA) is 104 Å². The lowest BCUT2D eigenvalue weighted by molar-refractivity contribution is -0.118. The molecule has 0 unspecified atom stereocenters. The number of fused-ring (bicyclic) bond motifs is 1. The number of methoxy groups -OCH3 is 1. The minimum Gasteiger partial charge on any atom is -0.494 e. The van der Waals surface area contributed by atoms with Crippen molar-refractivity contribution in [3.8, 4) is 28.6 Å². The number of carbonyl (C=O) groups excluding carboxylic acids is 1. The SMILES string of the molecule is CCOc1cc(C)c(-c2nc3ccccc3c(=O)n2N=Cc2ccc(OCC(=O)Nc3ccccc3)c(OC)c2)cc1C(C)C. The molecule has 1 N–H and O–H groups in total. The molecule has 0 saturated carbocycles. The van der Waals surface area contributed by atoms with E-state index in [4.69, 9.17) is 19.2 Å². The van der Waals surface area contributed by atoms with Crippen LogP contribution in [0.5, 0.6) is 17.2 Å². The summed E-state index contributed by atoms with van der Waals surface area (Å²) >= 11 is 0. The molecule has 0 aliphatic carbocycles. The zero-order valence-corrected chi connectivity index (χ0v) is 26.0. The Kier molecular flexibility index (Phi) is 9.57. The third kappa shape index (κ3) is 7.04. The van der Waals surface area contributed by atoms with Crippen molar-refractivity contribution in [3.63, 3.8) is 0 Å². The van der Waals surface area contributed by atoms with Crippen LogP contribution in [0.25, 0.3) is 22.3 Å². The number of aromatic nitrogens is 2. The maximum atomic E-state index is 13.8. The molecule has 9 heteroatoms. The number of benzene rings is 4. The predicted molar refractivity (Wildman–Crippen MR) is 178 cm³/mol. The van der Waals surface area contributed by atoms with Crippen LogP contribution in [0.2, 0.25) is 0 Å². The average Bonchev–Trinajstić information content (AvgIpc) is 3.04. The van der Waals surface area contributed by atoms with Crippen LogP contribution in [0.4, 0.5) is 5.69 Å². The molecule has 45 heavy (non-hydrogen) atoms. The number of para-hydroxylation sites is 2. The number of nitrogens with one attached hydrogen (secondary N) is 1. The standard InChI is InChI=1S/C36H36N4O5/c1-6-44-32-18-24(4)29(20-28(32)23(2)3)35-39-30-15-11-10-14-27(30)36(42)40(35)37-21-25-16-17-31(33(19-25)43-5)45-22-34(41)38-26-12-8-7-9-13-26/h7-21,23H,6,22H2,1-5H3,(H,38,41). The van der Waals surface area contributed by atoms with E-state index in [0.717, 1.165) is 22.4 Å². The number of hydrogen-bond acceptors (Lipinski definition) is 7. The van der Waals surface area contributed by atoms with Crippen LogP contribution in [0, 0.1) is 6.92 Å². The number of nitrogens with zero attached hydrogens (tertiary/aromatic N) is 3. The molecule has 1 heterocycles. The molecular formula is C36H36N4O5. The molecule has 0 bridgehead atoms. The Balaban J connectivity index is 1.49. The highest BCUT2D eigenvalue weighted by Crippen LogP contribution is 2.34. The van der Waals surface area contributed by atoms with E-state index >= 15 is 0 Å². The van der Waals surface area contributed by atoms with E-state index in [1.54, 1.807) is 42.6 Å². The van der Waals surface area contributed by atoms with Gasteiger partial charge in [-0.3, -0.25) is 9.59 Å². The summed E-state index contributed by atoms with van der Waals surface area (Å²) in [5, 5.41) is 7.88. The molecule has 0 spiro atoms. The summed E-state index contributed by atoms with van der Waals surface area (Å²) in [7, 11) is 1.52. The smallest absolute Gasteiger partial charge is 0.282 e. The summed E-state index contributed by atoms with van der Waals surface area (Å²) in [6, 6.07) is 25.6. The first-order valence-electron chi connectivity index (χ1n) is 14.8. The van der Waals surface area contributed by atoms with Gasteiger partial charge in [-0.05, 0) is 91.1 Å². The number of carbonyl (C=O) groups is 1. The van der Waals surface area contributed by atoms with Crippen molar-refractivity contribution in [3.05, 3.63) is 112 Å².